The zero-order valence-electron chi connectivity index (χ0n) is 12.9. The summed E-state index contributed by atoms with van der Waals surface area (Å²) < 4.78 is 26.4. The van der Waals surface area contributed by atoms with Gasteiger partial charge in [-0.3, -0.25) is 10.2 Å². The van der Waals surface area contributed by atoms with Crippen molar-refractivity contribution in [3.63, 3.8) is 0 Å². The van der Waals surface area contributed by atoms with Gasteiger partial charge in [-0.25, -0.2) is 18.6 Å². The minimum atomic E-state index is -3.60. The van der Waals surface area contributed by atoms with E-state index in [4.69, 9.17) is 11.6 Å². The highest BCUT2D eigenvalue weighted by molar-refractivity contribution is 7.89. The molecule has 3 amide bonds. The van der Waals surface area contributed by atoms with Crippen LogP contribution in [0, 0.1) is 0 Å². The predicted molar refractivity (Wildman–Crippen MR) is 89.2 cm³/mol. The molecule has 10 heteroatoms. The van der Waals surface area contributed by atoms with E-state index in [1.807, 2.05) is 0 Å². The number of hydrazine groups is 1. The summed E-state index contributed by atoms with van der Waals surface area (Å²) in [7, 11) is -3.60. The van der Waals surface area contributed by atoms with Gasteiger partial charge in [0.15, 0.2) is 0 Å². The number of carbonyl (C=O) groups excluding carboxylic acids is 2. The topological polar surface area (TPSA) is 108 Å². The standard InChI is InChI=1S/C14H19ClN4O4S/c15-6-7-16-14(21)18-17-13(20)11-4-3-5-12(10-11)24(22,23)19-8-1-2-9-19/h3-5,10H,1-2,6-9H2,(H,17,20)(H2,16,18,21). The van der Waals surface area contributed by atoms with E-state index in [0.717, 1.165) is 12.8 Å². The van der Waals surface area contributed by atoms with Gasteiger partial charge in [0.05, 0.1) is 4.90 Å². The number of nitrogens with zero attached hydrogens (tertiary/aromatic N) is 1. The van der Waals surface area contributed by atoms with Gasteiger partial charge in [-0.15, -0.1) is 11.6 Å². The van der Waals surface area contributed by atoms with Gasteiger partial charge < -0.3 is 5.32 Å². The first-order chi connectivity index (χ1) is 11.4. The summed E-state index contributed by atoms with van der Waals surface area (Å²) in [6, 6.07) is 5.10. The number of hydrogen-bond donors (Lipinski definition) is 3. The van der Waals surface area contributed by atoms with Crippen LogP contribution < -0.4 is 16.2 Å². The molecule has 0 aromatic heterocycles. The average Bonchev–Trinajstić information content (AvgIpc) is 3.13. The molecule has 8 nitrogen and oxygen atoms in total. The second-order valence-electron chi connectivity index (χ2n) is 5.16. The Morgan fingerprint density at radius 3 is 2.54 bits per heavy atom. The highest BCUT2D eigenvalue weighted by Crippen LogP contribution is 2.21. The lowest BCUT2D eigenvalue weighted by Gasteiger charge is -2.16. The molecule has 0 saturated carbocycles. The van der Waals surface area contributed by atoms with Crippen LogP contribution in [0.5, 0.6) is 0 Å². The van der Waals surface area contributed by atoms with E-state index in [0.29, 0.717) is 13.1 Å². The summed E-state index contributed by atoms with van der Waals surface area (Å²) >= 11 is 5.43. The molecule has 1 fully saturated rings. The number of sulfonamides is 1. The van der Waals surface area contributed by atoms with Crippen molar-refractivity contribution in [2.45, 2.75) is 17.7 Å². The molecule has 3 N–H and O–H groups in total. The van der Waals surface area contributed by atoms with E-state index in [-0.39, 0.29) is 22.9 Å². The molecule has 0 atom stereocenters. The van der Waals surface area contributed by atoms with Crippen molar-refractivity contribution < 1.29 is 18.0 Å². The smallest absolute Gasteiger partial charge is 0.333 e. The van der Waals surface area contributed by atoms with Crippen molar-refractivity contribution >= 4 is 33.6 Å². The predicted octanol–water partition coefficient (Wildman–Crippen LogP) is 0.654. The Kier molecular flexibility index (Phi) is 6.41. The van der Waals surface area contributed by atoms with Gasteiger partial charge >= 0.3 is 6.03 Å². The Labute approximate surface area is 145 Å². The van der Waals surface area contributed by atoms with Crippen LogP contribution in [0.15, 0.2) is 29.2 Å². The van der Waals surface area contributed by atoms with E-state index in [9.17, 15) is 18.0 Å². The highest BCUT2D eigenvalue weighted by atomic mass is 35.5. The minimum Gasteiger partial charge on any atom is -0.336 e. The first-order valence-corrected chi connectivity index (χ1v) is 9.43. The van der Waals surface area contributed by atoms with Crippen molar-refractivity contribution in [3.8, 4) is 0 Å². The Morgan fingerprint density at radius 2 is 1.88 bits per heavy atom. The first kappa shape index (κ1) is 18.5. The lowest BCUT2D eigenvalue weighted by molar-refractivity contribution is 0.0936. The Balaban J connectivity index is 2.04. The van der Waals surface area contributed by atoms with Crippen LogP contribution in [-0.2, 0) is 10.0 Å². The fourth-order valence-corrected chi connectivity index (χ4v) is 3.92. The lowest BCUT2D eigenvalue weighted by atomic mass is 10.2. The van der Waals surface area contributed by atoms with Crippen molar-refractivity contribution in [3.05, 3.63) is 29.8 Å². The number of carbonyl (C=O) groups is 2. The van der Waals surface area contributed by atoms with Crippen molar-refractivity contribution in [1.82, 2.24) is 20.5 Å². The minimum absolute atomic E-state index is 0.0589. The molecule has 132 valence electrons. The van der Waals surface area contributed by atoms with Crippen LogP contribution >= 0.6 is 11.6 Å². The third-order valence-electron chi connectivity index (χ3n) is 3.47. The quantitative estimate of drug-likeness (QED) is 0.519. The van der Waals surface area contributed by atoms with Gasteiger partial charge in [0, 0.05) is 31.1 Å². The van der Waals surface area contributed by atoms with Crippen LogP contribution in [0.4, 0.5) is 4.79 Å². The number of amides is 3. The SMILES string of the molecule is O=C(NCCCl)NNC(=O)c1cccc(S(=O)(=O)N2CCCC2)c1. The fraction of sp³-hybridized carbons (Fsp3) is 0.429. The summed E-state index contributed by atoms with van der Waals surface area (Å²) in [4.78, 5) is 23.4. The second-order valence-corrected chi connectivity index (χ2v) is 7.48. The first-order valence-electron chi connectivity index (χ1n) is 7.45. The van der Waals surface area contributed by atoms with E-state index < -0.39 is 22.0 Å². The van der Waals surface area contributed by atoms with E-state index in [2.05, 4.69) is 16.2 Å². The maximum Gasteiger partial charge on any atom is 0.333 e. The molecule has 1 heterocycles. The summed E-state index contributed by atoms with van der Waals surface area (Å²) in [6.07, 6.45) is 1.67. The lowest BCUT2D eigenvalue weighted by Crippen LogP contribution is -2.47. The van der Waals surface area contributed by atoms with Crippen LogP contribution in [0.2, 0.25) is 0 Å². The molecule has 1 aliphatic rings. The van der Waals surface area contributed by atoms with Crippen LogP contribution in [0.1, 0.15) is 23.2 Å². The number of nitrogens with one attached hydrogen (secondary N) is 3. The molecular weight excluding hydrogens is 356 g/mol. The number of urea groups is 1. The van der Waals surface area contributed by atoms with Crippen molar-refractivity contribution in [2.75, 3.05) is 25.5 Å². The number of benzene rings is 1. The van der Waals surface area contributed by atoms with Gasteiger partial charge in [-0.2, -0.15) is 4.31 Å². The van der Waals surface area contributed by atoms with Gasteiger partial charge in [-0.1, -0.05) is 6.07 Å². The third kappa shape index (κ3) is 4.59. The number of alkyl halides is 1. The van der Waals surface area contributed by atoms with Gasteiger partial charge in [-0.05, 0) is 31.0 Å². The fourth-order valence-electron chi connectivity index (χ4n) is 2.27. The van der Waals surface area contributed by atoms with Crippen molar-refractivity contribution in [1.29, 1.82) is 0 Å². The molecule has 0 spiro atoms. The van der Waals surface area contributed by atoms with Gasteiger partial charge in [0.2, 0.25) is 10.0 Å². The van der Waals surface area contributed by atoms with Gasteiger partial charge in [0.1, 0.15) is 0 Å². The monoisotopic (exact) mass is 374 g/mol. The van der Waals surface area contributed by atoms with Crippen molar-refractivity contribution in [2.24, 2.45) is 0 Å². The molecule has 0 radical (unpaired) electrons. The molecule has 24 heavy (non-hydrogen) atoms. The molecule has 1 saturated heterocycles. The Bertz CT molecular complexity index is 704. The zero-order valence-corrected chi connectivity index (χ0v) is 14.5. The third-order valence-corrected chi connectivity index (χ3v) is 5.55. The Hall–Kier alpha value is -1.84. The molecule has 0 aliphatic carbocycles. The van der Waals surface area contributed by atoms with Gasteiger partial charge in [0.25, 0.3) is 5.91 Å². The maximum atomic E-state index is 12.5. The molecule has 1 aromatic rings. The maximum absolute atomic E-state index is 12.5. The Morgan fingerprint density at radius 1 is 1.17 bits per heavy atom. The molecule has 1 aliphatic heterocycles. The van der Waals surface area contributed by atoms with Crippen LogP contribution in [-0.4, -0.2) is 50.2 Å². The van der Waals surface area contributed by atoms with E-state index in [1.54, 1.807) is 0 Å². The van der Waals surface area contributed by atoms with E-state index >= 15 is 0 Å². The zero-order chi connectivity index (χ0) is 17.6. The molecule has 2 rings (SSSR count). The largest absolute Gasteiger partial charge is 0.336 e. The number of halogens is 1. The highest BCUT2D eigenvalue weighted by Gasteiger charge is 2.27. The van der Waals surface area contributed by atoms with Crippen LogP contribution in [0.3, 0.4) is 0 Å². The normalized spacial score (nSPS) is 15.0. The van der Waals surface area contributed by atoms with Crippen LogP contribution in [0.25, 0.3) is 0 Å². The second kappa shape index (κ2) is 8.32. The summed E-state index contributed by atoms with van der Waals surface area (Å²) in [5, 5.41) is 2.41. The molecule has 0 bridgehead atoms. The summed E-state index contributed by atoms with van der Waals surface area (Å²) in [6.45, 7) is 1.23. The molecule has 0 unspecified atom stereocenters. The summed E-state index contributed by atoms with van der Waals surface area (Å²) in [5.74, 6) is -0.368. The summed E-state index contributed by atoms with van der Waals surface area (Å²) in [5.41, 5.74) is 4.50. The van der Waals surface area contributed by atoms with E-state index in [1.165, 1.54) is 28.6 Å². The molecule has 1 aromatic carbocycles. The average molecular weight is 375 g/mol. The molecular formula is C14H19ClN4O4S. The number of rotatable bonds is 5. The number of hydrogen-bond acceptors (Lipinski definition) is 4.